The quantitative estimate of drug-likeness (QED) is 0.494. The SMILES string of the molecule is CCc1nc2c(c(-c3ccc(Cl)cc3)n1)CCN(Cc1ccc(C(F)(F)F)cc1)CC2. The van der Waals surface area contributed by atoms with Crippen molar-refractivity contribution in [1.82, 2.24) is 14.9 Å². The van der Waals surface area contributed by atoms with Gasteiger partial charge in [0.1, 0.15) is 5.82 Å². The molecule has 0 radical (unpaired) electrons. The zero-order valence-electron chi connectivity index (χ0n) is 17.2. The third-order valence-corrected chi connectivity index (χ3v) is 5.86. The molecule has 3 nitrogen and oxygen atoms in total. The molecule has 0 saturated carbocycles. The van der Waals surface area contributed by atoms with Gasteiger partial charge in [0, 0.05) is 54.3 Å². The molecule has 31 heavy (non-hydrogen) atoms. The monoisotopic (exact) mass is 445 g/mol. The molecular formula is C24H23ClF3N3. The molecule has 0 unspecified atom stereocenters. The minimum Gasteiger partial charge on any atom is -0.298 e. The Kier molecular flexibility index (Phi) is 6.30. The highest BCUT2D eigenvalue weighted by Gasteiger charge is 2.30. The summed E-state index contributed by atoms with van der Waals surface area (Å²) in [6, 6.07) is 13.1. The zero-order chi connectivity index (χ0) is 22.0. The van der Waals surface area contributed by atoms with E-state index in [1.54, 1.807) is 12.1 Å². The second-order valence-electron chi connectivity index (χ2n) is 7.74. The van der Waals surface area contributed by atoms with Gasteiger partial charge in [-0.15, -0.1) is 0 Å². The summed E-state index contributed by atoms with van der Waals surface area (Å²) in [6.45, 7) is 4.25. The molecule has 7 heteroatoms. The number of aromatic nitrogens is 2. The lowest BCUT2D eigenvalue weighted by Crippen LogP contribution is -2.26. The maximum Gasteiger partial charge on any atom is 0.416 e. The van der Waals surface area contributed by atoms with Crippen LogP contribution in [-0.4, -0.2) is 28.0 Å². The van der Waals surface area contributed by atoms with E-state index in [0.29, 0.717) is 11.6 Å². The molecule has 162 valence electrons. The molecule has 1 aromatic heterocycles. The van der Waals surface area contributed by atoms with Crippen LogP contribution in [0, 0.1) is 0 Å². The average molecular weight is 446 g/mol. The minimum atomic E-state index is -4.31. The molecule has 2 aromatic carbocycles. The normalized spacial score (nSPS) is 14.9. The van der Waals surface area contributed by atoms with E-state index in [-0.39, 0.29) is 0 Å². The lowest BCUT2D eigenvalue weighted by molar-refractivity contribution is -0.137. The fourth-order valence-corrected chi connectivity index (χ4v) is 4.04. The number of nitrogens with zero attached hydrogens (tertiary/aromatic N) is 3. The third-order valence-electron chi connectivity index (χ3n) is 5.60. The van der Waals surface area contributed by atoms with Crippen molar-refractivity contribution >= 4 is 11.6 Å². The Morgan fingerprint density at radius 2 is 1.61 bits per heavy atom. The van der Waals surface area contributed by atoms with Crippen LogP contribution in [0.2, 0.25) is 5.02 Å². The molecule has 0 aliphatic carbocycles. The van der Waals surface area contributed by atoms with Gasteiger partial charge in [-0.2, -0.15) is 13.2 Å². The maximum atomic E-state index is 12.8. The van der Waals surface area contributed by atoms with E-state index in [4.69, 9.17) is 21.6 Å². The van der Waals surface area contributed by atoms with Gasteiger partial charge in [0.25, 0.3) is 0 Å². The summed E-state index contributed by atoms with van der Waals surface area (Å²) in [6.07, 6.45) is -1.98. The Morgan fingerprint density at radius 1 is 0.935 bits per heavy atom. The number of halogens is 4. The van der Waals surface area contributed by atoms with Gasteiger partial charge >= 0.3 is 6.18 Å². The zero-order valence-corrected chi connectivity index (χ0v) is 18.0. The summed E-state index contributed by atoms with van der Waals surface area (Å²) in [5.41, 5.74) is 4.44. The van der Waals surface area contributed by atoms with Gasteiger partial charge in [0.05, 0.1) is 11.3 Å². The Balaban J connectivity index is 1.55. The lowest BCUT2D eigenvalue weighted by atomic mass is 10.0. The summed E-state index contributed by atoms with van der Waals surface area (Å²) in [4.78, 5) is 11.9. The van der Waals surface area contributed by atoms with Gasteiger partial charge in [-0.1, -0.05) is 42.8 Å². The molecule has 0 N–H and O–H groups in total. The Bertz CT molecular complexity index is 1050. The van der Waals surface area contributed by atoms with Crippen LogP contribution in [0.15, 0.2) is 48.5 Å². The van der Waals surface area contributed by atoms with Crippen LogP contribution in [-0.2, 0) is 32.0 Å². The molecule has 0 atom stereocenters. The van der Waals surface area contributed by atoms with E-state index in [2.05, 4.69) is 4.90 Å². The molecule has 0 fully saturated rings. The molecule has 2 heterocycles. The van der Waals surface area contributed by atoms with E-state index in [1.165, 1.54) is 0 Å². The molecule has 0 amide bonds. The fourth-order valence-electron chi connectivity index (χ4n) is 3.92. The highest BCUT2D eigenvalue weighted by atomic mass is 35.5. The van der Waals surface area contributed by atoms with E-state index in [0.717, 1.165) is 78.4 Å². The highest BCUT2D eigenvalue weighted by molar-refractivity contribution is 6.30. The second-order valence-corrected chi connectivity index (χ2v) is 8.18. The van der Waals surface area contributed by atoms with Gasteiger partial charge in [-0.25, -0.2) is 9.97 Å². The Hall–Kier alpha value is -2.44. The van der Waals surface area contributed by atoms with Crippen molar-refractivity contribution < 1.29 is 13.2 Å². The first-order valence-corrected chi connectivity index (χ1v) is 10.7. The topological polar surface area (TPSA) is 29.0 Å². The van der Waals surface area contributed by atoms with Crippen molar-refractivity contribution in [3.63, 3.8) is 0 Å². The van der Waals surface area contributed by atoms with Gasteiger partial charge in [-0.05, 0) is 36.2 Å². The molecule has 0 spiro atoms. The molecule has 1 aliphatic heterocycles. The summed E-state index contributed by atoms with van der Waals surface area (Å²) in [5, 5.41) is 0.683. The molecule has 4 rings (SSSR count). The first-order valence-electron chi connectivity index (χ1n) is 10.4. The number of aryl methyl sites for hydroxylation is 1. The smallest absolute Gasteiger partial charge is 0.298 e. The van der Waals surface area contributed by atoms with Gasteiger partial charge in [-0.3, -0.25) is 4.90 Å². The Labute approximate surface area is 184 Å². The maximum absolute atomic E-state index is 12.8. The van der Waals surface area contributed by atoms with E-state index < -0.39 is 11.7 Å². The first-order chi connectivity index (χ1) is 14.8. The fraction of sp³-hybridized carbons (Fsp3) is 0.333. The van der Waals surface area contributed by atoms with Crippen molar-refractivity contribution in [3.05, 3.63) is 81.8 Å². The molecule has 1 aliphatic rings. The number of hydrogen-bond donors (Lipinski definition) is 0. The molecule has 3 aromatic rings. The predicted molar refractivity (Wildman–Crippen MR) is 116 cm³/mol. The van der Waals surface area contributed by atoms with Crippen LogP contribution in [0.3, 0.4) is 0 Å². The predicted octanol–water partition coefficient (Wildman–Crippen LogP) is 5.98. The van der Waals surface area contributed by atoms with Crippen molar-refractivity contribution in [2.45, 2.75) is 38.9 Å². The second kappa shape index (κ2) is 8.97. The summed E-state index contributed by atoms with van der Waals surface area (Å²) < 4.78 is 38.4. The van der Waals surface area contributed by atoms with E-state index in [9.17, 15) is 13.2 Å². The van der Waals surface area contributed by atoms with Crippen molar-refractivity contribution in [2.75, 3.05) is 13.1 Å². The van der Waals surface area contributed by atoms with Crippen LogP contribution in [0.1, 0.15) is 35.1 Å². The van der Waals surface area contributed by atoms with Gasteiger partial charge in [0.2, 0.25) is 0 Å². The summed E-state index contributed by atoms with van der Waals surface area (Å²) in [5.74, 6) is 0.819. The number of fused-ring (bicyclic) bond motifs is 1. The number of rotatable bonds is 4. The lowest BCUT2D eigenvalue weighted by Gasteiger charge is -2.20. The molecular weight excluding hydrogens is 423 g/mol. The largest absolute Gasteiger partial charge is 0.416 e. The number of alkyl halides is 3. The summed E-state index contributed by atoms with van der Waals surface area (Å²) in [7, 11) is 0. The van der Waals surface area contributed by atoms with E-state index in [1.807, 2.05) is 31.2 Å². The third kappa shape index (κ3) is 5.08. The van der Waals surface area contributed by atoms with Crippen LogP contribution >= 0.6 is 11.6 Å². The van der Waals surface area contributed by atoms with Crippen LogP contribution in [0.4, 0.5) is 13.2 Å². The van der Waals surface area contributed by atoms with E-state index >= 15 is 0 Å². The van der Waals surface area contributed by atoms with Crippen molar-refractivity contribution in [2.24, 2.45) is 0 Å². The van der Waals surface area contributed by atoms with Gasteiger partial charge in [0.15, 0.2) is 0 Å². The summed E-state index contributed by atoms with van der Waals surface area (Å²) >= 11 is 6.06. The number of hydrogen-bond acceptors (Lipinski definition) is 3. The van der Waals surface area contributed by atoms with Crippen LogP contribution in [0.5, 0.6) is 0 Å². The highest BCUT2D eigenvalue weighted by Crippen LogP contribution is 2.30. The standard InChI is InChI=1S/C24H23ClF3N3/c1-2-22-29-21-12-14-31(15-16-3-7-18(8-4-16)24(26,27)28)13-11-20(21)23(30-22)17-5-9-19(25)10-6-17/h3-10H,2,11-15H2,1H3. The molecule has 0 saturated heterocycles. The number of benzene rings is 2. The van der Waals surface area contributed by atoms with Crippen LogP contribution in [0.25, 0.3) is 11.3 Å². The Morgan fingerprint density at radius 3 is 2.26 bits per heavy atom. The minimum absolute atomic E-state index is 0.608. The van der Waals surface area contributed by atoms with Gasteiger partial charge < -0.3 is 0 Å². The van der Waals surface area contributed by atoms with Crippen molar-refractivity contribution in [1.29, 1.82) is 0 Å². The molecule has 0 bridgehead atoms. The average Bonchev–Trinajstić information content (AvgIpc) is 2.96. The van der Waals surface area contributed by atoms with Crippen molar-refractivity contribution in [3.8, 4) is 11.3 Å². The van der Waals surface area contributed by atoms with Crippen LogP contribution < -0.4 is 0 Å². The first kappa shape index (κ1) is 21.8.